The molecule has 4 nitrogen and oxygen atoms in total. The smallest absolute Gasteiger partial charge is 0.377 e. The molecule has 0 amide bonds. The lowest BCUT2D eigenvalue weighted by molar-refractivity contribution is 0.0747. The molecule has 0 unspecified atom stereocenters. The highest BCUT2D eigenvalue weighted by molar-refractivity contribution is 6.77. The van der Waals surface area contributed by atoms with Crippen molar-refractivity contribution in [3.05, 3.63) is 0 Å². The Balaban J connectivity index is 4.47. The van der Waals surface area contributed by atoms with Gasteiger partial charge in [-0.2, -0.15) is 0 Å². The van der Waals surface area contributed by atoms with E-state index in [2.05, 4.69) is 32.4 Å². The van der Waals surface area contributed by atoms with E-state index in [1.165, 1.54) is 18.1 Å². The van der Waals surface area contributed by atoms with E-state index in [9.17, 15) is 0 Å². The molecule has 0 saturated heterocycles. The van der Waals surface area contributed by atoms with Gasteiger partial charge in [-0.05, 0) is 25.2 Å². The van der Waals surface area contributed by atoms with Crippen LogP contribution in [0, 0.1) is 0 Å². The summed E-state index contributed by atoms with van der Waals surface area (Å²) in [5.41, 5.74) is 0. The fourth-order valence-corrected chi connectivity index (χ4v) is 6.53. The molecule has 0 fully saturated rings. The Morgan fingerprint density at radius 2 is 1.35 bits per heavy atom. The van der Waals surface area contributed by atoms with Crippen LogP contribution in [0.4, 0.5) is 0 Å². The monoisotopic (exact) mass is 279 g/mol. The molecule has 0 aromatic rings. The zero-order valence-corrected chi connectivity index (χ0v) is 14.5. The van der Waals surface area contributed by atoms with Crippen molar-refractivity contribution in [2.45, 2.75) is 45.5 Å². The van der Waals surface area contributed by atoms with E-state index >= 15 is 0 Å². The zero-order valence-electron chi connectivity index (χ0n) is 12.5. The minimum Gasteiger partial charge on any atom is -0.377 e. The van der Waals surface area contributed by atoms with Gasteiger partial charge >= 0.3 is 8.80 Å². The van der Waals surface area contributed by atoms with Crippen LogP contribution >= 0.6 is 0 Å². The summed E-state index contributed by atoms with van der Waals surface area (Å²) >= 11 is 0. The predicted molar refractivity (Wildman–Crippen MR) is 76.5 cm³/mol. The van der Waals surface area contributed by atoms with Gasteiger partial charge in [0, 0.05) is 20.8 Å². The van der Waals surface area contributed by atoms with Crippen LogP contribution in [0.5, 0.6) is 0 Å². The first-order chi connectivity index (χ1) is 7.93. The average Bonchev–Trinajstić information content (AvgIpc) is 2.38. The molecule has 0 rings (SSSR count). The summed E-state index contributed by atoms with van der Waals surface area (Å²) in [6.07, 6.45) is 0. The maximum atomic E-state index is 5.86. The van der Waals surface area contributed by atoms with Crippen LogP contribution in [-0.4, -0.2) is 49.6 Å². The Morgan fingerprint density at radius 1 is 0.941 bits per heavy atom. The first kappa shape index (κ1) is 17.3. The van der Waals surface area contributed by atoms with Gasteiger partial charge in [0.05, 0.1) is 6.73 Å². The minimum atomic E-state index is -2.40. The van der Waals surface area contributed by atoms with Gasteiger partial charge in [-0.3, -0.25) is 0 Å². The van der Waals surface area contributed by atoms with Crippen LogP contribution in [0.1, 0.15) is 20.8 Å². The van der Waals surface area contributed by atoms with Crippen LogP contribution in [0.15, 0.2) is 0 Å². The van der Waals surface area contributed by atoms with E-state index in [0.717, 1.165) is 0 Å². The van der Waals surface area contributed by atoms with E-state index in [4.69, 9.17) is 13.3 Å². The molecule has 0 aliphatic rings. The topological polar surface area (TPSA) is 30.9 Å². The standard InChI is InChI=1S/C11H29NO3Si2/c1-8-17(9-2,10-3)12(4)11-15-16(7,13-5)14-6/h8-11H2,1-7H3. The van der Waals surface area contributed by atoms with Crippen LogP contribution in [0.2, 0.25) is 24.7 Å². The summed E-state index contributed by atoms with van der Waals surface area (Å²) in [7, 11) is 1.75. The van der Waals surface area contributed by atoms with Gasteiger partial charge in [-0.25, -0.2) is 0 Å². The van der Waals surface area contributed by atoms with Gasteiger partial charge in [0.15, 0.2) is 0 Å². The van der Waals surface area contributed by atoms with Gasteiger partial charge in [0.1, 0.15) is 8.24 Å². The Labute approximate surface area is 109 Å². The van der Waals surface area contributed by atoms with E-state index in [1.807, 2.05) is 6.55 Å². The van der Waals surface area contributed by atoms with Crippen LogP contribution in [-0.2, 0) is 13.3 Å². The van der Waals surface area contributed by atoms with Crippen molar-refractivity contribution in [1.29, 1.82) is 0 Å². The van der Waals surface area contributed by atoms with Crippen LogP contribution < -0.4 is 0 Å². The molecule has 104 valence electrons. The third-order valence-electron chi connectivity index (χ3n) is 4.05. The van der Waals surface area contributed by atoms with E-state index in [1.54, 1.807) is 14.2 Å². The molecule has 0 bridgehead atoms. The lowest BCUT2D eigenvalue weighted by Gasteiger charge is -2.39. The lowest BCUT2D eigenvalue weighted by Crippen LogP contribution is -2.53. The highest BCUT2D eigenvalue weighted by Crippen LogP contribution is 2.24. The third kappa shape index (κ3) is 4.46. The summed E-state index contributed by atoms with van der Waals surface area (Å²) in [5, 5.41) is 0. The molecule has 0 radical (unpaired) electrons. The molecule has 0 aromatic carbocycles. The van der Waals surface area contributed by atoms with Crippen molar-refractivity contribution < 1.29 is 13.3 Å². The molecule has 0 saturated carbocycles. The van der Waals surface area contributed by atoms with E-state index < -0.39 is 17.0 Å². The van der Waals surface area contributed by atoms with E-state index in [-0.39, 0.29) is 0 Å². The molecule has 6 heteroatoms. The van der Waals surface area contributed by atoms with Gasteiger partial charge in [-0.1, -0.05) is 20.8 Å². The molecule has 17 heavy (non-hydrogen) atoms. The summed E-state index contributed by atoms with van der Waals surface area (Å²) in [6.45, 7) is 9.41. The second-order valence-electron chi connectivity index (χ2n) is 4.53. The Bertz CT molecular complexity index is 201. The number of nitrogens with zero attached hydrogens (tertiary/aromatic N) is 1. The van der Waals surface area contributed by atoms with Gasteiger partial charge in [0.2, 0.25) is 0 Å². The first-order valence-corrected chi connectivity index (χ1v) is 11.2. The van der Waals surface area contributed by atoms with Crippen LogP contribution in [0.25, 0.3) is 0 Å². The maximum absolute atomic E-state index is 5.86. The average molecular weight is 280 g/mol. The second kappa shape index (κ2) is 7.65. The third-order valence-corrected chi connectivity index (χ3v) is 11.9. The Kier molecular flexibility index (Phi) is 7.78. The SMILES string of the molecule is CC[Si](CC)(CC)N(C)CO[Si](C)(OC)OC. The van der Waals surface area contributed by atoms with Crippen molar-refractivity contribution in [3.63, 3.8) is 0 Å². The summed E-state index contributed by atoms with van der Waals surface area (Å²) in [4.78, 5) is 0. The molecular weight excluding hydrogens is 250 g/mol. The molecule has 0 heterocycles. The molecule has 0 N–H and O–H groups in total. The van der Waals surface area contributed by atoms with Crippen molar-refractivity contribution in [2.24, 2.45) is 0 Å². The zero-order chi connectivity index (χ0) is 13.5. The highest BCUT2D eigenvalue weighted by Gasteiger charge is 2.36. The van der Waals surface area contributed by atoms with Crippen LogP contribution in [0.3, 0.4) is 0 Å². The quantitative estimate of drug-likeness (QED) is 0.480. The van der Waals surface area contributed by atoms with Crippen molar-refractivity contribution >= 4 is 17.0 Å². The number of hydrogen-bond donors (Lipinski definition) is 0. The van der Waals surface area contributed by atoms with Gasteiger partial charge in [-0.15, -0.1) is 0 Å². The Hall–Kier alpha value is 0.274. The summed E-state index contributed by atoms with van der Waals surface area (Å²) in [6, 6.07) is 3.79. The highest BCUT2D eigenvalue weighted by atomic mass is 28.4. The fourth-order valence-electron chi connectivity index (χ4n) is 2.11. The molecular formula is C11H29NO3Si2. The van der Waals surface area contributed by atoms with E-state index in [0.29, 0.717) is 6.73 Å². The van der Waals surface area contributed by atoms with Gasteiger partial charge < -0.3 is 17.8 Å². The summed E-state index contributed by atoms with van der Waals surface area (Å²) < 4.78 is 18.9. The molecule has 0 aromatic heterocycles. The second-order valence-corrected chi connectivity index (χ2v) is 12.7. The lowest BCUT2D eigenvalue weighted by atomic mass is 10.9. The first-order valence-electron chi connectivity index (χ1n) is 6.39. The number of rotatable bonds is 9. The largest absolute Gasteiger partial charge is 0.498 e. The van der Waals surface area contributed by atoms with Gasteiger partial charge in [0.25, 0.3) is 0 Å². The van der Waals surface area contributed by atoms with Crippen molar-refractivity contribution in [1.82, 2.24) is 4.57 Å². The predicted octanol–water partition coefficient (Wildman–Crippen LogP) is 2.76. The van der Waals surface area contributed by atoms with Crippen molar-refractivity contribution in [3.8, 4) is 0 Å². The maximum Gasteiger partial charge on any atom is 0.498 e. The van der Waals surface area contributed by atoms with Crippen molar-refractivity contribution in [2.75, 3.05) is 28.0 Å². The molecule has 0 atom stereocenters. The minimum absolute atomic E-state index is 0.617. The summed E-state index contributed by atoms with van der Waals surface area (Å²) in [5.74, 6) is 0. The molecule has 0 aliphatic carbocycles. The molecule has 0 aliphatic heterocycles. The number of hydrogen-bond acceptors (Lipinski definition) is 4. The Morgan fingerprint density at radius 3 is 1.65 bits per heavy atom. The normalized spacial score (nSPS) is 13.4. The molecule has 0 spiro atoms. The fraction of sp³-hybridized carbons (Fsp3) is 1.00.